The van der Waals surface area contributed by atoms with Gasteiger partial charge in [0.1, 0.15) is 17.9 Å². The second-order valence-electron chi connectivity index (χ2n) is 9.48. The molecule has 0 N–H and O–H groups in total. The Balaban J connectivity index is 1.16. The van der Waals surface area contributed by atoms with Crippen molar-refractivity contribution in [3.05, 3.63) is 61.2 Å². The van der Waals surface area contributed by atoms with Gasteiger partial charge in [-0.05, 0) is 36.4 Å². The molecule has 2 aliphatic heterocycles. The van der Waals surface area contributed by atoms with Crippen LogP contribution in [0.5, 0.6) is 5.75 Å². The van der Waals surface area contributed by atoms with E-state index in [1.165, 1.54) is 0 Å². The van der Waals surface area contributed by atoms with Crippen LogP contribution < -0.4 is 14.5 Å². The summed E-state index contributed by atoms with van der Waals surface area (Å²) in [6, 6.07) is 12.0. The van der Waals surface area contributed by atoms with Crippen molar-refractivity contribution in [1.82, 2.24) is 24.4 Å². The average Bonchev–Trinajstić information content (AvgIpc) is 3.40. The Hall–Kier alpha value is -4.18. The summed E-state index contributed by atoms with van der Waals surface area (Å²) in [6.45, 7) is 6.06. The number of piperazine rings is 1. The van der Waals surface area contributed by atoms with E-state index >= 15 is 0 Å². The lowest BCUT2D eigenvalue weighted by atomic mass is 10.0. The first-order valence-corrected chi connectivity index (χ1v) is 13.0. The SMILES string of the molecule is COc1ccc(N2CCN(C(=O)Cn3ccc4cccnc43)CC2)c(-c2cnc(N3CCOCC3)nc2)c1. The van der Waals surface area contributed by atoms with Crippen LogP contribution >= 0.6 is 0 Å². The van der Waals surface area contributed by atoms with E-state index in [1.54, 1.807) is 13.3 Å². The Morgan fingerprint density at radius 2 is 1.74 bits per heavy atom. The molecule has 0 spiro atoms. The highest BCUT2D eigenvalue weighted by Gasteiger charge is 2.24. The summed E-state index contributed by atoms with van der Waals surface area (Å²) in [4.78, 5) is 33.2. The lowest BCUT2D eigenvalue weighted by Gasteiger charge is -2.37. The molecule has 0 bridgehead atoms. The zero-order valence-electron chi connectivity index (χ0n) is 21.5. The largest absolute Gasteiger partial charge is 0.497 e. The predicted octanol–water partition coefficient (Wildman–Crippen LogP) is 2.69. The molecule has 2 aliphatic rings. The molecule has 0 aliphatic carbocycles. The summed E-state index contributed by atoms with van der Waals surface area (Å²) in [6.07, 6.45) is 7.45. The fourth-order valence-corrected chi connectivity index (χ4v) is 5.13. The van der Waals surface area contributed by atoms with Gasteiger partial charge in [-0.1, -0.05) is 0 Å². The number of anilines is 2. The van der Waals surface area contributed by atoms with Crippen molar-refractivity contribution in [2.45, 2.75) is 6.54 Å². The van der Waals surface area contributed by atoms with Gasteiger partial charge in [0.05, 0.1) is 20.3 Å². The van der Waals surface area contributed by atoms with Gasteiger partial charge in [0, 0.05) is 86.3 Å². The summed E-state index contributed by atoms with van der Waals surface area (Å²) >= 11 is 0. The summed E-state index contributed by atoms with van der Waals surface area (Å²) in [5, 5.41) is 1.04. The normalized spacial score (nSPS) is 16.2. The first-order valence-electron chi connectivity index (χ1n) is 13.0. The second-order valence-corrected chi connectivity index (χ2v) is 9.48. The molecule has 5 heterocycles. The predicted molar refractivity (Wildman–Crippen MR) is 146 cm³/mol. The maximum Gasteiger partial charge on any atom is 0.242 e. The van der Waals surface area contributed by atoms with Crippen molar-refractivity contribution in [3.8, 4) is 16.9 Å². The van der Waals surface area contributed by atoms with Crippen LogP contribution in [0.15, 0.2) is 61.2 Å². The molecule has 10 nitrogen and oxygen atoms in total. The van der Waals surface area contributed by atoms with Gasteiger partial charge < -0.3 is 28.7 Å². The number of morpholine rings is 1. The van der Waals surface area contributed by atoms with Gasteiger partial charge >= 0.3 is 0 Å². The van der Waals surface area contributed by atoms with Gasteiger partial charge in [-0.2, -0.15) is 0 Å². The fourth-order valence-electron chi connectivity index (χ4n) is 5.13. The number of benzene rings is 1. The minimum absolute atomic E-state index is 0.106. The Kier molecular flexibility index (Phi) is 6.78. The number of pyridine rings is 1. The molecule has 1 aromatic carbocycles. The Morgan fingerprint density at radius 3 is 2.50 bits per heavy atom. The number of carbonyl (C=O) groups is 1. The average molecular weight is 514 g/mol. The molecule has 0 unspecified atom stereocenters. The minimum atomic E-state index is 0.106. The van der Waals surface area contributed by atoms with E-state index in [4.69, 9.17) is 9.47 Å². The summed E-state index contributed by atoms with van der Waals surface area (Å²) in [5.74, 6) is 1.61. The van der Waals surface area contributed by atoms with E-state index in [9.17, 15) is 4.79 Å². The van der Waals surface area contributed by atoms with Crippen LogP contribution in [0.1, 0.15) is 0 Å². The highest BCUT2D eigenvalue weighted by atomic mass is 16.5. The molecule has 0 radical (unpaired) electrons. The van der Waals surface area contributed by atoms with Crippen LogP contribution in [0.2, 0.25) is 0 Å². The van der Waals surface area contributed by atoms with Crippen LogP contribution in [-0.4, -0.2) is 89.9 Å². The van der Waals surface area contributed by atoms with Crippen molar-refractivity contribution < 1.29 is 14.3 Å². The zero-order chi connectivity index (χ0) is 25.9. The molecule has 38 heavy (non-hydrogen) atoms. The highest BCUT2D eigenvalue weighted by Crippen LogP contribution is 2.34. The van der Waals surface area contributed by atoms with Crippen molar-refractivity contribution in [1.29, 1.82) is 0 Å². The van der Waals surface area contributed by atoms with E-state index in [0.29, 0.717) is 32.8 Å². The summed E-state index contributed by atoms with van der Waals surface area (Å²) in [7, 11) is 1.67. The van der Waals surface area contributed by atoms with Crippen LogP contribution in [0, 0.1) is 0 Å². The van der Waals surface area contributed by atoms with E-state index in [0.717, 1.165) is 65.7 Å². The van der Waals surface area contributed by atoms with Gasteiger partial charge in [0.25, 0.3) is 0 Å². The Labute approximate surface area is 221 Å². The summed E-state index contributed by atoms with van der Waals surface area (Å²) < 4.78 is 12.9. The quantitative estimate of drug-likeness (QED) is 0.389. The Bertz CT molecular complexity index is 1410. The molecular weight excluding hydrogens is 482 g/mol. The smallest absolute Gasteiger partial charge is 0.242 e. The number of fused-ring (bicyclic) bond motifs is 1. The highest BCUT2D eigenvalue weighted by molar-refractivity contribution is 5.82. The van der Waals surface area contributed by atoms with E-state index < -0.39 is 0 Å². The minimum Gasteiger partial charge on any atom is -0.497 e. The molecule has 196 valence electrons. The van der Waals surface area contributed by atoms with Gasteiger partial charge in [-0.25, -0.2) is 15.0 Å². The molecule has 1 amide bonds. The number of ether oxygens (including phenoxy) is 2. The van der Waals surface area contributed by atoms with Crippen molar-refractivity contribution in [2.75, 3.05) is 69.4 Å². The number of aromatic nitrogens is 4. The molecule has 6 rings (SSSR count). The number of nitrogens with zero attached hydrogens (tertiary/aromatic N) is 7. The number of amides is 1. The molecule has 3 aromatic heterocycles. The maximum atomic E-state index is 13.1. The van der Waals surface area contributed by atoms with Crippen molar-refractivity contribution in [3.63, 3.8) is 0 Å². The van der Waals surface area contributed by atoms with Gasteiger partial charge in [0.2, 0.25) is 11.9 Å². The van der Waals surface area contributed by atoms with E-state index in [2.05, 4.69) is 30.8 Å². The lowest BCUT2D eigenvalue weighted by Crippen LogP contribution is -2.49. The van der Waals surface area contributed by atoms with Gasteiger partial charge in [-0.15, -0.1) is 0 Å². The first-order chi connectivity index (χ1) is 18.7. The molecule has 0 saturated carbocycles. The van der Waals surface area contributed by atoms with Crippen molar-refractivity contribution >= 4 is 28.6 Å². The molecular formula is C28H31N7O3. The second kappa shape index (κ2) is 10.7. The number of methoxy groups -OCH3 is 1. The monoisotopic (exact) mass is 513 g/mol. The molecule has 4 aromatic rings. The van der Waals surface area contributed by atoms with E-state index in [-0.39, 0.29) is 5.91 Å². The van der Waals surface area contributed by atoms with Crippen LogP contribution in [0.4, 0.5) is 11.6 Å². The van der Waals surface area contributed by atoms with E-state index in [1.807, 2.05) is 58.4 Å². The molecule has 2 saturated heterocycles. The van der Waals surface area contributed by atoms with Crippen LogP contribution in [0.25, 0.3) is 22.2 Å². The molecule has 0 atom stereocenters. The summed E-state index contributed by atoms with van der Waals surface area (Å²) in [5.41, 5.74) is 3.87. The number of hydrogen-bond donors (Lipinski definition) is 0. The third-order valence-electron chi connectivity index (χ3n) is 7.25. The number of carbonyl (C=O) groups excluding carboxylic acids is 1. The van der Waals surface area contributed by atoms with Crippen LogP contribution in [-0.2, 0) is 16.1 Å². The van der Waals surface area contributed by atoms with Gasteiger partial charge in [0.15, 0.2) is 0 Å². The number of rotatable bonds is 6. The third-order valence-corrected chi connectivity index (χ3v) is 7.25. The maximum absolute atomic E-state index is 13.1. The third kappa shape index (κ3) is 4.87. The fraction of sp³-hybridized carbons (Fsp3) is 0.357. The Morgan fingerprint density at radius 1 is 0.947 bits per heavy atom. The van der Waals surface area contributed by atoms with Gasteiger partial charge in [-0.3, -0.25) is 4.79 Å². The standard InChI is InChI=1S/C28H31N7O3/c1-37-23-4-5-25(24(17-23)22-18-30-28(31-19-22)34-13-15-38-16-14-34)32-9-11-33(12-10-32)26(36)20-35-8-6-21-3-2-7-29-27(21)35/h2-8,17-19H,9-16,20H2,1H3. The first kappa shape index (κ1) is 24.2. The van der Waals surface area contributed by atoms with Crippen LogP contribution in [0.3, 0.4) is 0 Å². The van der Waals surface area contributed by atoms with Crippen molar-refractivity contribution in [2.24, 2.45) is 0 Å². The zero-order valence-corrected chi connectivity index (χ0v) is 21.5. The topological polar surface area (TPSA) is 88.9 Å². The lowest BCUT2D eigenvalue weighted by molar-refractivity contribution is -0.132. The molecule has 2 fully saturated rings. The molecule has 10 heteroatoms. The number of hydrogen-bond acceptors (Lipinski definition) is 8.